The summed E-state index contributed by atoms with van der Waals surface area (Å²) >= 11 is 0. The number of aromatic nitrogens is 4. The number of hydrogen-bond acceptors (Lipinski definition) is 5. The molecule has 0 bridgehead atoms. The van der Waals surface area contributed by atoms with Crippen molar-refractivity contribution in [2.24, 2.45) is 0 Å². The number of nitrogens with one attached hydrogen (secondary N) is 1. The second-order valence-corrected chi connectivity index (χ2v) is 5.72. The first-order chi connectivity index (χ1) is 11.1. The van der Waals surface area contributed by atoms with Crippen molar-refractivity contribution in [2.75, 3.05) is 11.9 Å². The maximum absolute atomic E-state index is 9.37. The van der Waals surface area contributed by atoms with Gasteiger partial charge in [0.15, 0.2) is 5.65 Å². The van der Waals surface area contributed by atoms with E-state index >= 15 is 0 Å². The average molecular weight is 311 g/mol. The summed E-state index contributed by atoms with van der Waals surface area (Å²) in [7, 11) is 0. The Morgan fingerprint density at radius 1 is 1.22 bits per heavy atom. The van der Waals surface area contributed by atoms with Crippen molar-refractivity contribution in [2.45, 2.75) is 33.2 Å². The monoisotopic (exact) mass is 311 g/mol. The molecule has 6 nitrogen and oxygen atoms in total. The van der Waals surface area contributed by atoms with Crippen molar-refractivity contribution in [3.63, 3.8) is 0 Å². The third-order valence-electron chi connectivity index (χ3n) is 4.15. The van der Waals surface area contributed by atoms with Crippen LogP contribution in [-0.2, 0) is 0 Å². The molecule has 1 aromatic carbocycles. The zero-order chi connectivity index (χ0) is 16.4. The summed E-state index contributed by atoms with van der Waals surface area (Å²) in [6, 6.07) is 6.18. The molecule has 0 saturated carbocycles. The van der Waals surface area contributed by atoms with Gasteiger partial charge in [0.25, 0.3) is 0 Å². The van der Waals surface area contributed by atoms with Crippen LogP contribution in [0.25, 0.3) is 16.7 Å². The van der Waals surface area contributed by atoms with E-state index < -0.39 is 0 Å². The molecule has 3 aromatic rings. The van der Waals surface area contributed by atoms with Crippen LogP contribution < -0.4 is 5.32 Å². The summed E-state index contributed by atoms with van der Waals surface area (Å²) in [6.07, 6.45) is 4.10. The Morgan fingerprint density at radius 2 is 2.04 bits per heavy atom. The minimum Gasteiger partial charge on any atom is -0.394 e. The molecule has 23 heavy (non-hydrogen) atoms. The van der Waals surface area contributed by atoms with Gasteiger partial charge in [0.05, 0.1) is 29.9 Å². The first-order valence-corrected chi connectivity index (χ1v) is 7.77. The van der Waals surface area contributed by atoms with E-state index in [1.54, 1.807) is 6.20 Å². The molecule has 2 N–H and O–H groups in total. The summed E-state index contributed by atoms with van der Waals surface area (Å²) in [5.41, 5.74) is 4.18. The van der Waals surface area contributed by atoms with Gasteiger partial charge in [-0.2, -0.15) is 5.10 Å². The van der Waals surface area contributed by atoms with Crippen LogP contribution in [0.1, 0.15) is 24.5 Å². The fraction of sp³-hybridized carbons (Fsp3) is 0.353. The summed E-state index contributed by atoms with van der Waals surface area (Å²) in [5, 5.41) is 17.9. The van der Waals surface area contributed by atoms with E-state index in [0.717, 1.165) is 23.1 Å². The first-order valence-electron chi connectivity index (χ1n) is 7.77. The molecule has 0 unspecified atom stereocenters. The fourth-order valence-corrected chi connectivity index (χ4v) is 2.48. The van der Waals surface area contributed by atoms with Crippen LogP contribution in [0.15, 0.2) is 30.7 Å². The van der Waals surface area contributed by atoms with Crippen molar-refractivity contribution >= 4 is 16.9 Å². The predicted molar refractivity (Wildman–Crippen MR) is 90.9 cm³/mol. The highest BCUT2D eigenvalue weighted by molar-refractivity contribution is 5.87. The lowest BCUT2D eigenvalue weighted by molar-refractivity contribution is 0.271. The molecular weight excluding hydrogens is 290 g/mol. The molecule has 2 heterocycles. The molecule has 3 rings (SSSR count). The van der Waals surface area contributed by atoms with Gasteiger partial charge in [0.2, 0.25) is 0 Å². The summed E-state index contributed by atoms with van der Waals surface area (Å²) in [5.74, 6) is 0.700. The third kappa shape index (κ3) is 2.90. The lowest BCUT2D eigenvalue weighted by Gasteiger charge is -2.14. The minimum absolute atomic E-state index is 0.0296. The Hall–Kier alpha value is -2.47. The number of aliphatic hydroxyl groups excluding tert-OH is 1. The average Bonchev–Trinajstić information content (AvgIpc) is 3.00. The van der Waals surface area contributed by atoms with Crippen molar-refractivity contribution in [3.8, 4) is 5.69 Å². The van der Waals surface area contributed by atoms with Gasteiger partial charge < -0.3 is 10.4 Å². The lowest BCUT2D eigenvalue weighted by atomic mass is 10.1. The molecule has 2 aromatic heterocycles. The van der Waals surface area contributed by atoms with Crippen molar-refractivity contribution < 1.29 is 5.11 Å². The third-order valence-corrected chi connectivity index (χ3v) is 4.15. The number of aryl methyl sites for hydroxylation is 2. The summed E-state index contributed by atoms with van der Waals surface area (Å²) in [4.78, 5) is 8.67. The van der Waals surface area contributed by atoms with E-state index in [2.05, 4.69) is 46.4 Å². The highest BCUT2D eigenvalue weighted by Crippen LogP contribution is 2.23. The van der Waals surface area contributed by atoms with Gasteiger partial charge in [-0.25, -0.2) is 14.6 Å². The Bertz CT molecular complexity index is 823. The van der Waals surface area contributed by atoms with E-state index in [-0.39, 0.29) is 12.6 Å². The molecule has 0 spiro atoms. The Balaban J connectivity index is 2.05. The van der Waals surface area contributed by atoms with Gasteiger partial charge in [0.1, 0.15) is 12.1 Å². The van der Waals surface area contributed by atoms with E-state index in [9.17, 15) is 5.11 Å². The number of benzene rings is 1. The van der Waals surface area contributed by atoms with Gasteiger partial charge in [-0.15, -0.1) is 0 Å². The quantitative estimate of drug-likeness (QED) is 0.757. The maximum Gasteiger partial charge on any atom is 0.168 e. The molecule has 0 aliphatic carbocycles. The van der Waals surface area contributed by atoms with E-state index in [4.69, 9.17) is 0 Å². The first kappa shape index (κ1) is 15.4. The topological polar surface area (TPSA) is 75.9 Å². The van der Waals surface area contributed by atoms with E-state index in [1.807, 2.05) is 17.7 Å². The Labute approximate surface area is 135 Å². The number of aliphatic hydroxyl groups is 1. The molecule has 120 valence electrons. The van der Waals surface area contributed by atoms with Crippen molar-refractivity contribution in [1.29, 1.82) is 0 Å². The van der Waals surface area contributed by atoms with Crippen LogP contribution in [-0.4, -0.2) is 37.5 Å². The summed E-state index contributed by atoms with van der Waals surface area (Å²) < 4.78 is 1.81. The maximum atomic E-state index is 9.37. The number of rotatable bonds is 5. The van der Waals surface area contributed by atoms with Crippen molar-refractivity contribution in [3.05, 3.63) is 41.9 Å². The highest BCUT2D eigenvalue weighted by atomic mass is 16.3. The van der Waals surface area contributed by atoms with Crippen LogP contribution in [0.2, 0.25) is 0 Å². The zero-order valence-corrected chi connectivity index (χ0v) is 13.6. The second kappa shape index (κ2) is 6.34. The fourth-order valence-electron chi connectivity index (χ4n) is 2.48. The van der Waals surface area contributed by atoms with Crippen LogP contribution >= 0.6 is 0 Å². The Morgan fingerprint density at radius 3 is 2.74 bits per heavy atom. The molecular formula is C17H21N5O. The van der Waals surface area contributed by atoms with Crippen LogP contribution in [0.3, 0.4) is 0 Å². The molecule has 0 fully saturated rings. The standard InChI is InChI=1S/C17H21N5O/c1-4-13(9-23)21-16-15-8-20-22(17(15)19-10-18-16)14-6-5-11(2)12(3)7-14/h5-8,10,13,23H,4,9H2,1-3H3,(H,18,19,21)/t13-/m0/s1. The smallest absolute Gasteiger partial charge is 0.168 e. The molecule has 0 aliphatic rings. The largest absolute Gasteiger partial charge is 0.394 e. The SMILES string of the molecule is CC[C@@H](CO)Nc1ncnc2c1cnn2-c1ccc(C)c(C)c1. The summed E-state index contributed by atoms with van der Waals surface area (Å²) in [6.45, 7) is 6.25. The molecule has 1 atom stereocenters. The molecule has 6 heteroatoms. The Kier molecular flexibility index (Phi) is 4.25. The van der Waals surface area contributed by atoms with E-state index in [0.29, 0.717) is 5.82 Å². The van der Waals surface area contributed by atoms with Gasteiger partial charge in [-0.05, 0) is 43.5 Å². The normalized spacial score (nSPS) is 12.5. The van der Waals surface area contributed by atoms with Gasteiger partial charge in [0, 0.05) is 0 Å². The van der Waals surface area contributed by atoms with E-state index in [1.165, 1.54) is 17.5 Å². The number of fused-ring (bicyclic) bond motifs is 1. The highest BCUT2D eigenvalue weighted by Gasteiger charge is 2.13. The van der Waals surface area contributed by atoms with Gasteiger partial charge in [-0.3, -0.25) is 0 Å². The van der Waals surface area contributed by atoms with Crippen LogP contribution in [0.5, 0.6) is 0 Å². The zero-order valence-electron chi connectivity index (χ0n) is 13.6. The molecule has 0 radical (unpaired) electrons. The van der Waals surface area contributed by atoms with Gasteiger partial charge >= 0.3 is 0 Å². The molecule has 0 aliphatic heterocycles. The number of hydrogen-bond donors (Lipinski definition) is 2. The number of nitrogens with zero attached hydrogens (tertiary/aromatic N) is 4. The van der Waals surface area contributed by atoms with Crippen LogP contribution in [0, 0.1) is 13.8 Å². The second-order valence-electron chi connectivity index (χ2n) is 5.72. The number of anilines is 1. The predicted octanol–water partition coefficient (Wildman–Crippen LogP) is 2.62. The van der Waals surface area contributed by atoms with Gasteiger partial charge in [-0.1, -0.05) is 13.0 Å². The minimum atomic E-state index is -0.0296. The van der Waals surface area contributed by atoms with Crippen LogP contribution in [0.4, 0.5) is 5.82 Å². The molecule has 0 amide bonds. The van der Waals surface area contributed by atoms with Crippen molar-refractivity contribution in [1.82, 2.24) is 19.7 Å². The lowest BCUT2D eigenvalue weighted by Crippen LogP contribution is -2.23. The molecule has 0 saturated heterocycles.